The van der Waals surface area contributed by atoms with Gasteiger partial charge >= 0.3 is 5.97 Å². The van der Waals surface area contributed by atoms with E-state index >= 15 is 0 Å². The molecule has 0 aliphatic heterocycles. The summed E-state index contributed by atoms with van der Waals surface area (Å²) in [4.78, 5) is 11.4. The molecule has 0 aliphatic carbocycles. The van der Waals surface area contributed by atoms with E-state index in [0.717, 1.165) is 0 Å². The van der Waals surface area contributed by atoms with Gasteiger partial charge in [-0.1, -0.05) is 12.1 Å². The van der Waals surface area contributed by atoms with Gasteiger partial charge < -0.3 is 14.6 Å². The summed E-state index contributed by atoms with van der Waals surface area (Å²) in [6, 6.07) is 0. The Balaban J connectivity index is 2.97. The molecule has 1 aromatic rings. The van der Waals surface area contributed by atoms with Crippen molar-refractivity contribution in [2.24, 2.45) is 0 Å². The molecule has 7 heteroatoms. The molecule has 1 rings (SSSR count). The summed E-state index contributed by atoms with van der Waals surface area (Å²) in [7, 11) is 2.79. The Morgan fingerprint density at radius 1 is 1.53 bits per heavy atom. The Kier molecular flexibility index (Phi) is 5.05. The summed E-state index contributed by atoms with van der Waals surface area (Å²) in [5.41, 5.74) is 0.629. The number of ether oxygens (including phenoxy) is 2. The summed E-state index contributed by atoms with van der Waals surface area (Å²) in [6.45, 7) is 2.33. The van der Waals surface area contributed by atoms with Crippen molar-refractivity contribution in [1.82, 2.24) is 15.0 Å². The predicted molar refractivity (Wildman–Crippen MR) is 58.4 cm³/mol. The van der Waals surface area contributed by atoms with E-state index in [9.17, 15) is 9.90 Å². The molecular weight excluding hydrogens is 226 g/mol. The first kappa shape index (κ1) is 13.6. The number of hydrogen-bond donors (Lipinski definition) is 1. The number of hydrogen-bond acceptors (Lipinski definition) is 6. The molecule has 0 radical (unpaired) electrons. The summed E-state index contributed by atoms with van der Waals surface area (Å²) >= 11 is 0. The fourth-order valence-corrected chi connectivity index (χ4v) is 1.34. The molecule has 0 spiro atoms. The SMILES string of the molecule is CCC(O)Cn1nnc(C(=O)OC)c1COC. The van der Waals surface area contributed by atoms with Gasteiger partial charge in [-0.25, -0.2) is 9.48 Å². The first-order valence-corrected chi connectivity index (χ1v) is 5.31. The van der Waals surface area contributed by atoms with Crippen LogP contribution in [0.4, 0.5) is 0 Å². The first-order chi connectivity index (χ1) is 8.13. The van der Waals surface area contributed by atoms with Crippen LogP contribution in [0.5, 0.6) is 0 Å². The van der Waals surface area contributed by atoms with E-state index < -0.39 is 12.1 Å². The number of rotatable bonds is 6. The van der Waals surface area contributed by atoms with Gasteiger partial charge in [0, 0.05) is 7.11 Å². The van der Waals surface area contributed by atoms with Crippen molar-refractivity contribution < 1.29 is 19.4 Å². The van der Waals surface area contributed by atoms with Crippen LogP contribution in [0, 0.1) is 0 Å². The van der Waals surface area contributed by atoms with Crippen LogP contribution in [0.25, 0.3) is 0 Å². The van der Waals surface area contributed by atoms with Gasteiger partial charge in [0.2, 0.25) is 0 Å². The topological polar surface area (TPSA) is 86.5 Å². The van der Waals surface area contributed by atoms with Crippen molar-refractivity contribution in [3.05, 3.63) is 11.4 Å². The lowest BCUT2D eigenvalue weighted by Crippen LogP contribution is -2.19. The zero-order valence-corrected chi connectivity index (χ0v) is 10.2. The Bertz CT molecular complexity index is 378. The van der Waals surface area contributed by atoms with Crippen LogP contribution in [-0.2, 0) is 22.6 Å². The number of carbonyl (C=O) groups is 1. The standard InChI is InChI=1S/C10H17N3O4/c1-4-7(14)5-13-8(6-16-2)9(11-12-13)10(15)17-3/h7,14H,4-6H2,1-3H3. The summed E-state index contributed by atoms with van der Waals surface area (Å²) in [5.74, 6) is -0.561. The predicted octanol–water partition coefficient (Wildman–Crippen LogP) is -0.0180. The van der Waals surface area contributed by atoms with Crippen molar-refractivity contribution in [1.29, 1.82) is 0 Å². The van der Waals surface area contributed by atoms with Gasteiger partial charge in [-0.05, 0) is 6.42 Å². The van der Waals surface area contributed by atoms with Crippen LogP contribution >= 0.6 is 0 Å². The largest absolute Gasteiger partial charge is 0.464 e. The van der Waals surface area contributed by atoms with Crippen molar-refractivity contribution in [2.45, 2.75) is 32.6 Å². The molecule has 0 saturated heterocycles. The van der Waals surface area contributed by atoms with Gasteiger partial charge in [0.1, 0.15) is 0 Å². The fourth-order valence-electron chi connectivity index (χ4n) is 1.34. The summed E-state index contributed by atoms with van der Waals surface area (Å²) in [6.07, 6.45) is 0.0673. The van der Waals surface area contributed by atoms with Crippen LogP contribution < -0.4 is 0 Å². The molecule has 1 atom stereocenters. The highest BCUT2D eigenvalue weighted by Gasteiger charge is 2.21. The molecule has 1 unspecified atom stereocenters. The van der Waals surface area contributed by atoms with Gasteiger partial charge in [0.25, 0.3) is 0 Å². The molecule has 0 fully saturated rings. The van der Waals surface area contributed by atoms with Crippen LogP contribution in [0.2, 0.25) is 0 Å². The monoisotopic (exact) mass is 243 g/mol. The third kappa shape index (κ3) is 3.24. The zero-order valence-electron chi connectivity index (χ0n) is 10.2. The normalized spacial score (nSPS) is 12.5. The van der Waals surface area contributed by atoms with E-state index in [2.05, 4.69) is 15.0 Å². The quantitative estimate of drug-likeness (QED) is 0.707. The molecule has 0 aliphatic rings. The number of nitrogens with zero attached hydrogens (tertiary/aromatic N) is 3. The second kappa shape index (κ2) is 6.31. The van der Waals surface area contributed by atoms with Gasteiger partial charge in [0.05, 0.1) is 32.1 Å². The Morgan fingerprint density at radius 2 is 2.24 bits per heavy atom. The third-order valence-electron chi connectivity index (χ3n) is 2.35. The Morgan fingerprint density at radius 3 is 2.76 bits per heavy atom. The second-order valence-electron chi connectivity index (χ2n) is 3.55. The molecule has 1 heterocycles. The van der Waals surface area contributed by atoms with Gasteiger partial charge in [0.15, 0.2) is 5.69 Å². The molecule has 0 amide bonds. The van der Waals surface area contributed by atoms with Gasteiger partial charge in [-0.3, -0.25) is 0 Å². The molecule has 0 saturated carbocycles. The molecule has 96 valence electrons. The number of esters is 1. The van der Waals surface area contributed by atoms with Crippen molar-refractivity contribution in [2.75, 3.05) is 14.2 Å². The van der Waals surface area contributed by atoms with Crippen LogP contribution in [0.1, 0.15) is 29.5 Å². The lowest BCUT2D eigenvalue weighted by molar-refractivity contribution is 0.0587. The van der Waals surface area contributed by atoms with Crippen molar-refractivity contribution in [3.63, 3.8) is 0 Å². The van der Waals surface area contributed by atoms with E-state index in [4.69, 9.17) is 4.74 Å². The van der Waals surface area contributed by atoms with Crippen molar-refractivity contribution in [3.8, 4) is 0 Å². The lowest BCUT2D eigenvalue weighted by Gasteiger charge is -2.10. The van der Waals surface area contributed by atoms with Gasteiger partial charge in [-0.2, -0.15) is 0 Å². The molecule has 1 aromatic heterocycles. The molecule has 0 aromatic carbocycles. The van der Waals surface area contributed by atoms with E-state index in [0.29, 0.717) is 12.1 Å². The maximum atomic E-state index is 11.4. The minimum Gasteiger partial charge on any atom is -0.464 e. The second-order valence-corrected chi connectivity index (χ2v) is 3.55. The highest BCUT2D eigenvalue weighted by atomic mass is 16.5. The van der Waals surface area contributed by atoms with E-state index in [1.54, 1.807) is 0 Å². The molecule has 0 bridgehead atoms. The number of aliphatic hydroxyl groups is 1. The van der Waals surface area contributed by atoms with Crippen LogP contribution in [0.15, 0.2) is 0 Å². The van der Waals surface area contributed by atoms with Crippen LogP contribution in [0.3, 0.4) is 0 Å². The summed E-state index contributed by atoms with van der Waals surface area (Å²) < 4.78 is 11.0. The third-order valence-corrected chi connectivity index (χ3v) is 2.35. The maximum absolute atomic E-state index is 11.4. The minimum atomic E-state index is -0.561. The van der Waals surface area contributed by atoms with E-state index in [-0.39, 0.29) is 18.8 Å². The van der Waals surface area contributed by atoms with E-state index in [1.807, 2.05) is 6.92 Å². The molecule has 17 heavy (non-hydrogen) atoms. The maximum Gasteiger partial charge on any atom is 0.360 e. The summed E-state index contributed by atoms with van der Waals surface area (Å²) in [5, 5.41) is 17.1. The average molecular weight is 243 g/mol. The van der Waals surface area contributed by atoms with Gasteiger partial charge in [-0.15, -0.1) is 5.10 Å². The Hall–Kier alpha value is -1.47. The first-order valence-electron chi connectivity index (χ1n) is 5.31. The fraction of sp³-hybridized carbons (Fsp3) is 0.700. The minimum absolute atomic E-state index is 0.123. The highest BCUT2D eigenvalue weighted by Crippen LogP contribution is 2.10. The van der Waals surface area contributed by atoms with Crippen molar-refractivity contribution >= 4 is 5.97 Å². The molecule has 7 nitrogen and oxygen atoms in total. The Labute approximate surface area is 99.3 Å². The number of carbonyl (C=O) groups excluding carboxylic acids is 1. The van der Waals surface area contributed by atoms with Crippen LogP contribution in [-0.4, -0.2) is 46.4 Å². The lowest BCUT2D eigenvalue weighted by atomic mass is 10.2. The number of aliphatic hydroxyl groups excluding tert-OH is 1. The van der Waals surface area contributed by atoms with E-state index in [1.165, 1.54) is 18.9 Å². The molecule has 1 N–H and O–H groups in total. The molecular formula is C10H17N3O4. The smallest absolute Gasteiger partial charge is 0.360 e. The average Bonchev–Trinajstić information content (AvgIpc) is 2.72. The number of methoxy groups -OCH3 is 2. The number of aromatic nitrogens is 3. The zero-order chi connectivity index (χ0) is 12.8. The highest BCUT2D eigenvalue weighted by molar-refractivity contribution is 5.88.